The Balaban J connectivity index is 2.48. The maximum Gasteiger partial charge on any atom is 0.137 e. The fraction of sp³-hybridized carbons (Fsp3) is 0.786. The summed E-state index contributed by atoms with van der Waals surface area (Å²) in [5, 5.41) is 4.19. The minimum atomic E-state index is 1.03. The SMILES string of the molecule is CCCCCc1noc(C)c1CCCCC. The second-order valence-electron chi connectivity index (χ2n) is 4.58. The van der Waals surface area contributed by atoms with Gasteiger partial charge in [-0.15, -0.1) is 0 Å². The van der Waals surface area contributed by atoms with Gasteiger partial charge in [0.25, 0.3) is 0 Å². The van der Waals surface area contributed by atoms with Gasteiger partial charge in [-0.3, -0.25) is 0 Å². The van der Waals surface area contributed by atoms with Crippen LogP contribution in [-0.2, 0) is 12.8 Å². The molecule has 2 heteroatoms. The molecular formula is C14H25NO. The first-order valence-corrected chi connectivity index (χ1v) is 6.73. The molecule has 0 aliphatic carbocycles. The molecule has 0 N–H and O–H groups in total. The first-order valence-electron chi connectivity index (χ1n) is 6.73. The van der Waals surface area contributed by atoms with Crippen LogP contribution in [0.4, 0.5) is 0 Å². The molecule has 0 amide bonds. The second kappa shape index (κ2) is 7.48. The van der Waals surface area contributed by atoms with Gasteiger partial charge in [-0.05, 0) is 32.6 Å². The summed E-state index contributed by atoms with van der Waals surface area (Å²) in [6.07, 6.45) is 9.87. The van der Waals surface area contributed by atoms with Crippen molar-refractivity contribution < 1.29 is 4.52 Å². The highest BCUT2D eigenvalue weighted by Crippen LogP contribution is 2.18. The Labute approximate surface area is 99.4 Å². The third kappa shape index (κ3) is 3.99. The molecular weight excluding hydrogens is 198 g/mol. The van der Waals surface area contributed by atoms with Gasteiger partial charge in [0.1, 0.15) is 5.76 Å². The van der Waals surface area contributed by atoms with Crippen molar-refractivity contribution in [2.45, 2.75) is 72.1 Å². The summed E-state index contributed by atoms with van der Waals surface area (Å²) in [6, 6.07) is 0. The summed E-state index contributed by atoms with van der Waals surface area (Å²) in [6.45, 7) is 6.51. The lowest BCUT2D eigenvalue weighted by molar-refractivity contribution is 0.388. The minimum Gasteiger partial charge on any atom is -0.361 e. The van der Waals surface area contributed by atoms with Gasteiger partial charge in [0.2, 0.25) is 0 Å². The summed E-state index contributed by atoms with van der Waals surface area (Å²) < 4.78 is 5.31. The number of nitrogens with zero attached hydrogens (tertiary/aromatic N) is 1. The molecule has 92 valence electrons. The smallest absolute Gasteiger partial charge is 0.137 e. The van der Waals surface area contributed by atoms with Crippen molar-refractivity contribution in [3.63, 3.8) is 0 Å². The molecule has 0 fully saturated rings. The van der Waals surface area contributed by atoms with Crippen LogP contribution in [0.1, 0.15) is 69.4 Å². The third-order valence-corrected chi connectivity index (χ3v) is 3.11. The molecule has 0 aliphatic rings. The largest absolute Gasteiger partial charge is 0.361 e. The molecule has 0 unspecified atom stereocenters. The van der Waals surface area contributed by atoms with Crippen LogP contribution < -0.4 is 0 Å². The van der Waals surface area contributed by atoms with Crippen LogP contribution >= 0.6 is 0 Å². The molecule has 0 spiro atoms. The summed E-state index contributed by atoms with van der Waals surface area (Å²) in [5.74, 6) is 1.03. The van der Waals surface area contributed by atoms with E-state index in [9.17, 15) is 0 Å². The van der Waals surface area contributed by atoms with Crippen molar-refractivity contribution in [2.75, 3.05) is 0 Å². The van der Waals surface area contributed by atoms with Crippen LogP contribution in [0.2, 0.25) is 0 Å². The number of aryl methyl sites for hydroxylation is 2. The van der Waals surface area contributed by atoms with Crippen LogP contribution in [-0.4, -0.2) is 5.16 Å². The van der Waals surface area contributed by atoms with Crippen LogP contribution in [0.25, 0.3) is 0 Å². The Kier molecular flexibility index (Phi) is 6.20. The minimum absolute atomic E-state index is 1.03. The van der Waals surface area contributed by atoms with Crippen molar-refractivity contribution >= 4 is 0 Å². The molecule has 0 aliphatic heterocycles. The Bertz CT molecular complexity index is 291. The van der Waals surface area contributed by atoms with Crippen LogP contribution in [0.15, 0.2) is 4.52 Å². The first-order chi connectivity index (χ1) is 7.79. The van der Waals surface area contributed by atoms with Crippen molar-refractivity contribution in [1.82, 2.24) is 5.16 Å². The van der Waals surface area contributed by atoms with Crippen LogP contribution in [0, 0.1) is 6.92 Å². The van der Waals surface area contributed by atoms with Gasteiger partial charge in [0.05, 0.1) is 5.69 Å². The predicted molar refractivity (Wildman–Crippen MR) is 67.7 cm³/mol. The van der Waals surface area contributed by atoms with E-state index in [4.69, 9.17) is 4.52 Å². The molecule has 1 aromatic rings. The number of hydrogen-bond acceptors (Lipinski definition) is 2. The zero-order chi connectivity index (χ0) is 11.8. The van der Waals surface area contributed by atoms with Gasteiger partial charge < -0.3 is 4.52 Å². The number of aromatic nitrogens is 1. The average molecular weight is 223 g/mol. The molecule has 0 saturated carbocycles. The Morgan fingerprint density at radius 1 is 0.938 bits per heavy atom. The van der Waals surface area contributed by atoms with E-state index in [0.29, 0.717) is 0 Å². The molecule has 2 nitrogen and oxygen atoms in total. The molecule has 0 bridgehead atoms. The van der Waals surface area contributed by atoms with E-state index in [1.165, 1.54) is 49.8 Å². The van der Waals surface area contributed by atoms with E-state index in [2.05, 4.69) is 19.0 Å². The van der Waals surface area contributed by atoms with E-state index >= 15 is 0 Å². The number of unbranched alkanes of at least 4 members (excludes halogenated alkanes) is 4. The summed E-state index contributed by atoms with van der Waals surface area (Å²) >= 11 is 0. The van der Waals surface area contributed by atoms with Crippen molar-refractivity contribution in [2.24, 2.45) is 0 Å². The van der Waals surface area contributed by atoms with Gasteiger partial charge in [-0.1, -0.05) is 44.7 Å². The molecule has 1 aromatic heterocycles. The fourth-order valence-electron chi connectivity index (χ4n) is 2.05. The van der Waals surface area contributed by atoms with Gasteiger partial charge in [0.15, 0.2) is 0 Å². The average Bonchev–Trinajstić information content (AvgIpc) is 2.62. The first kappa shape index (κ1) is 13.3. The maximum absolute atomic E-state index is 5.31. The van der Waals surface area contributed by atoms with Gasteiger partial charge in [-0.2, -0.15) is 0 Å². The highest BCUT2D eigenvalue weighted by molar-refractivity contribution is 5.22. The van der Waals surface area contributed by atoms with Gasteiger partial charge in [0, 0.05) is 5.56 Å². The number of rotatable bonds is 8. The molecule has 0 saturated heterocycles. The predicted octanol–water partition coefficient (Wildman–Crippen LogP) is 4.45. The summed E-state index contributed by atoms with van der Waals surface area (Å²) in [7, 11) is 0. The van der Waals surface area contributed by atoms with E-state index < -0.39 is 0 Å². The van der Waals surface area contributed by atoms with E-state index in [0.717, 1.165) is 18.6 Å². The van der Waals surface area contributed by atoms with E-state index in [1.807, 2.05) is 6.92 Å². The summed E-state index contributed by atoms with van der Waals surface area (Å²) in [5.41, 5.74) is 2.59. The number of hydrogen-bond donors (Lipinski definition) is 0. The van der Waals surface area contributed by atoms with E-state index in [-0.39, 0.29) is 0 Å². The van der Waals surface area contributed by atoms with Crippen LogP contribution in [0.5, 0.6) is 0 Å². The standard InChI is InChI=1S/C14H25NO/c1-4-6-8-10-13-12(3)16-15-14(13)11-9-7-5-2/h4-11H2,1-3H3. The Morgan fingerprint density at radius 2 is 1.56 bits per heavy atom. The topological polar surface area (TPSA) is 26.0 Å². The van der Waals surface area contributed by atoms with E-state index in [1.54, 1.807) is 0 Å². The lowest BCUT2D eigenvalue weighted by atomic mass is 10.0. The quantitative estimate of drug-likeness (QED) is 0.609. The molecule has 0 aromatic carbocycles. The van der Waals surface area contributed by atoms with Gasteiger partial charge >= 0.3 is 0 Å². The summed E-state index contributed by atoms with van der Waals surface area (Å²) in [4.78, 5) is 0. The third-order valence-electron chi connectivity index (χ3n) is 3.11. The fourth-order valence-corrected chi connectivity index (χ4v) is 2.05. The highest BCUT2D eigenvalue weighted by Gasteiger charge is 2.11. The highest BCUT2D eigenvalue weighted by atomic mass is 16.5. The lowest BCUT2D eigenvalue weighted by Crippen LogP contribution is -1.94. The maximum atomic E-state index is 5.31. The molecule has 0 radical (unpaired) electrons. The van der Waals surface area contributed by atoms with Crippen molar-refractivity contribution in [3.8, 4) is 0 Å². The van der Waals surface area contributed by atoms with Gasteiger partial charge in [-0.25, -0.2) is 0 Å². The Hall–Kier alpha value is -0.790. The zero-order valence-electron chi connectivity index (χ0n) is 11.0. The zero-order valence-corrected chi connectivity index (χ0v) is 11.0. The molecule has 16 heavy (non-hydrogen) atoms. The van der Waals surface area contributed by atoms with Crippen LogP contribution in [0.3, 0.4) is 0 Å². The van der Waals surface area contributed by atoms with Crippen molar-refractivity contribution in [1.29, 1.82) is 0 Å². The lowest BCUT2D eigenvalue weighted by Gasteiger charge is -2.01. The molecule has 1 rings (SSSR count). The van der Waals surface area contributed by atoms with Crippen molar-refractivity contribution in [3.05, 3.63) is 17.0 Å². The monoisotopic (exact) mass is 223 g/mol. The molecule has 0 atom stereocenters. The second-order valence-corrected chi connectivity index (χ2v) is 4.58. The normalized spacial score (nSPS) is 10.9. The molecule has 1 heterocycles. The Morgan fingerprint density at radius 3 is 2.19 bits per heavy atom.